The van der Waals surface area contributed by atoms with Crippen LogP contribution in [0.2, 0.25) is 0 Å². The average Bonchev–Trinajstić information content (AvgIpc) is 2.37. The predicted molar refractivity (Wildman–Crippen MR) is 49.8 cm³/mol. The summed E-state index contributed by atoms with van der Waals surface area (Å²) in [7, 11) is 0. The van der Waals surface area contributed by atoms with Crippen LogP contribution in [0.5, 0.6) is 0 Å². The zero-order valence-electron chi connectivity index (χ0n) is 7.67. The fourth-order valence-electron chi connectivity index (χ4n) is 1.32. The summed E-state index contributed by atoms with van der Waals surface area (Å²) >= 11 is 0. The molecule has 4 heteroatoms. The van der Waals surface area contributed by atoms with Gasteiger partial charge in [-0.2, -0.15) is 0 Å². The van der Waals surface area contributed by atoms with E-state index < -0.39 is 0 Å². The van der Waals surface area contributed by atoms with E-state index in [1.807, 2.05) is 0 Å². The van der Waals surface area contributed by atoms with Gasteiger partial charge in [-0.1, -0.05) is 13.8 Å². The van der Waals surface area contributed by atoms with Crippen LogP contribution in [0.1, 0.15) is 26.7 Å². The number of nitrogens with one attached hydrogen (secondary N) is 2. The standard InChI is InChI=1S/C8H17N4/c1-6(2)3-7(9)4-8-5-10-12-11-8/h5-7,11-12H,3-4,9H2,1-2H3/q-1. The van der Waals surface area contributed by atoms with Crippen LogP contribution in [0, 0.1) is 5.92 Å². The molecule has 0 bridgehead atoms. The molecule has 0 aromatic rings. The second-order valence-corrected chi connectivity index (χ2v) is 3.61. The third kappa shape index (κ3) is 3.11. The molecule has 0 spiro atoms. The zero-order valence-corrected chi connectivity index (χ0v) is 7.67. The summed E-state index contributed by atoms with van der Waals surface area (Å²) in [6.45, 7) is 4.36. The SMILES string of the molecule is CC(C)CC(N)CC1=C[N-]NN1. The predicted octanol–water partition coefficient (Wildman–Crippen LogP) is 0.988. The number of nitrogens with two attached hydrogens (primary N) is 1. The van der Waals surface area contributed by atoms with Crippen LogP contribution >= 0.6 is 0 Å². The molecule has 1 rings (SSSR count). The molecule has 1 aliphatic heterocycles. The maximum atomic E-state index is 5.90. The normalized spacial score (nSPS) is 18.5. The molecule has 0 fully saturated rings. The van der Waals surface area contributed by atoms with Gasteiger partial charge in [0, 0.05) is 18.2 Å². The van der Waals surface area contributed by atoms with Crippen LogP contribution in [0.4, 0.5) is 0 Å². The van der Waals surface area contributed by atoms with E-state index in [1.54, 1.807) is 6.20 Å². The topological polar surface area (TPSA) is 64.2 Å². The molecule has 0 aromatic heterocycles. The molecule has 70 valence electrons. The van der Waals surface area contributed by atoms with E-state index in [1.165, 1.54) is 0 Å². The molecule has 1 unspecified atom stereocenters. The summed E-state index contributed by atoms with van der Waals surface area (Å²) in [4.78, 5) is 0. The van der Waals surface area contributed by atoms with Crippen molar-refractivity contribution in [3.8, 4) is 0 Å². The van der Waals surface area contributed by atoms with E-state index >= 15 is 0 Å². The van der Waals surface area contributed by atoms with Crippen LogP contribution in [0.25, 0.3) is 5.43 Å². The van der Waals surface area contributed by atoms with Gasteiger partial charge < -0.3 is 22.1 Å². The third-order valence-corrected chi connectivity index (χ3v) is 1.76. The van der Waals surface area contributed by atoms with Crippen LogP contribution in [0.15, 0.2) is 11.9 Å². The van der Waals surface area contributed by atoms with Gasteiger partial charge in [-0.25, -0.2) is 0 Å². The minimum atomic E-state index is 0.235. The Morgan fingerprint density at radius 3 is 2.83 bits per heavy atom. The van der Waals surface area contributed by atoms with Crippen LogP contribution in [-0.2, 0) is 0 Å². The molecule has 0 saturated carbocycles. The van der Waals surface area contributed by atoms with E-state index in [2.05, 4.69) is 30.2 Å². The number of nitrogens with zero attached hydrogens (tertiary/aromatic N) is 1. The number of rotatable bonds is 4. The van der Waals surface area contributed by atoms with Crippen LogP contribution in [-0.4, -0.2) is 6.04 Å². The molecule has 1 atom stereocenters. The molecule has 0 radical (unpaired) electrons. The summed E-state index contributed by atoms with van der Waals surface area (Å²) in [5.74, 6) is 0.659. The Balaban J connectivity index is 2.21. The molecule has 4 nitrogen and oxygen atoms in total. The monoisotopic (exact) mass is 169 g/mol. The van der Waals surface area contributed by atoms with Gasteiger partial charge >= 0.3 is 0 Å². The first-order valence-electron chi connectivity index (χ1n) is 4.34. The van der Waals surface area contributed by atoms with Crippen LogP contribution in [0.3, 0.4) is 0 Å². The van der Waals surface area contributed by atoms with Crippen molar-refractivity contribution in [2.75, 3.05) is 0 Å². The van der Waals surface area contributed by atoms with Crippen molar-refractivity contribution in [3.05, 3.63) is 17.3 Å². The van der Waals surface area contributed by atoms with Crippen molar-refractivity contribution >= 4 is 0 Å². The van der Waals surface area contributed by atoms with Crippen molar-refractivity contribution in [2.24, 2.45) is 11.7 Å². The zero-order chi connectivity index (χ0) is 8.97. The minimum absolute atomic E-state index is 0.235. The van der Waals surface area contributed by atoms with Crippen molar-refractivity contribution < 1.29 is 0 Å². The van der Waals surface area contributed by atoms with Gasteiger partial charge in [-0.05, 0) is 12.3 Å². The third-order valence-electron chi connectivity index (χ3n) is 1.76. The molecular formula is C8H17N4-. The number of hydrogen-bond donors (Lipinski definition) is 3. The lowest BCUT2D eigenvalue weighted by atomic mass is 10.0. The van der Waals surface area contributed by atoms with Crippen molar-refractivity contribution in [3.63, 3.8) is 0 Å². The Bertz CT molecular complexity index is 164. The highest BCUT2D eigenvalue weighted by atomic mass is 15.6. The van der Waals surface area contributed by atoms with Gasteiger partial charge in [-0.15, -0.1) is 6.20 Å². The molecule has 1 aliphatic rings. The first-order chi connectivity index (χ1) is 5.68. The lowest BCUT2D eigenvalue weighted by molar-refractivity contribution is 0.483. The Hall–Kier alpha value is -0.740. The van der Waals surface area contributed by atoms with Gasteiger partial charge in [0.2, 0.25) is 0 Å². The number of hydrazine groups is 1. The van der Waals surface area contributed by atoms with Gasteiger partial charge in [0.15, 0.2) is 0 Å². The Kier molecular flexibility index (Phi) is 3.37. The highest BCUT2D eigenvalue weighted by Gasteiger charge is 2.07. The minimum Gasteiger partial charge on any atom is -0.609 e. The quantitative estimate of drug-likeness (QED) is 0.588. The summed E-state index contributed by atoms with van der Waals surface area (Å²) in [5, 5.41) is 0. The Morgan fingerprint density at radius 1 is 1.58 bits per heavy atom. The smallest absolute Gasteiger partial charge is 0.00957 e. The molecule has 0 aliphatic carbocycles. The first kappa shape index (κ1) is 9.35. The Labute approximate surface area is 73.5 Å². The molecule has 12 heavy (non-hydrogen) atoms. The highest BCUT2D eigenvalue weighted by Crippen LogP contribution is 2.11. The summed E-state index contributed by atoms with van der Waals surface area (Å²) in [6, 6.07) is 0.235. The van der Waals surface area contributed by atoms with Gasteiger partial charge in [-0.3, -0.25) is 0 Å². The fourth-order valence-corrected chi connectivity index (χ4v) is 1.32. The average molecular weight is 169 g/mol. The molecule has 1 heterocycles. The van der Waals surface area contributed by atoms with E-state index in [0.29, 0.717) is 5.92 Å². The number of hydrogen-bond acceptors (Lipinski definition) is 3. The maximum absolute atomic E-state index is 5.90. The van der Waals surface area contributed by atoms with Crippen LogP contribution < -0.4 is 16.7 Å². The fraction of sp³-hybridized carbons (Fsp3) is 0.750. The van der Waals surface area contributed by atoms with Gasteiger partial charge in [0.25, 0.3) is 0 Å². The van der Waals surface area contributed by atoms with Gasteiger partial charge in [0.05, 0.1) is 0 Å². The largest absolute Gasteiger partial charge is 0.609 e. The lowest BCUT2D eigenvalue weighted by Crippen LogP contribution is -2.28. The molecule has 0 amide bonds. The molecule has 0 aromatic carbocycles. The highest BCUT2D eigenvalue weighted by molar-refractivity contribution is 5.13. The van der Waals surface area contributed by atoms with Crippen molar-refractivity contribution in [1.82, 2.24) is 11.0 Å². The molecule has 4 N–H and O–H groups in total. The van der Waals surface area contributed by atoms with E-state index in [4.69, 9.17) is 5.73 Å². The summed E-state index contributed by atoms with van der Waals surface area (Å²) in [6.07, 6.45) is 3.70. The second kappa shape index (κ2) is 4.33. The maximum Gasteiger partial charge on any atom is 0.00957 e. The Morgan fingerprint density at radius 2 is 2.33 bits per heavy atom. The lowest BCUT2D eigenvalue weighted by Gasteiger charge is -2.15. The summed E-state index contributed by atoms with van der Waals surface area (Å²) < 4.78 is 0. The molecular weight excluding hydrogens is 152 g/mol. The van der Waals surface area contributed by atoms with Crippen molar-refractivity contribution in [2.45, 2.75) is 32.7 Å². The molecule has 0 saturated heterocycles. The van der Waals surface area contributed by atoms with E-state index in [-0.39, 0.29) is 6.04 Å². The van der Waals surface area contributed by atoms with E-state index in [0.717, 1.165) is 18.5 Å². The van der Waals surface area contributed by atoms with Crippen molar-refractivity contribution in [1.29, 1.82) is 0 Å². The summed E-state index contributed by atoms with van der Waals surface area (Å²) in [5.41, 5.74) is 16.4. The second-order valence-electron chi connectivity index (χ2n) is 3.61. The van der Waals surface area contributed by atoms with E-state index in [9.17, 15) is 0 Å². The van der Waals surface area contributed by atoms with Gasteiger partial charge in [0.1, 0.15) is 0 Å². The first-order valence-corrected chi connectivity index (χ1v) is 4.34.